The second-order valence-electron chi connectivity index (χ2n) is 11.3. The van der Waals surface area contributed by atoms with Crippen LogP contribution in [0, 0.1) is 30.1 Å². The predicted octanol–water partition coefficient (Wildman–Crippen LogP) is 1.96. The van der Waals surface area contributed by atoms with Crippen molar-refractivity contribution in [2.24, 2.45) is 23.2 Å². The van der Waals surface area contributed by atoms with E-state index in [-0.39, 0.29) is 17.4 Å². The molecule has 1 atom stereocenters. The molecule has 2 aliphatic heterocycles. The van der Waals surface area contributed by atoms with E-state index in [1.807, 2.05) is 16.7 Å². The summed E-state index contributed by atoms with van der Waals surface area (Å²) >= 11 is 0. The highest BCUT2D eigenvalue weighted by Crippen LogP contribution is 2.60. The van der Waals surface area contributed by atoms with Crippen molar-refractivity contribution >= 4 is 11.8 Å². The molecule has 2 amide bonds. The number of aryl methyl sites for hydroxylation is 1. The first-order chi connectivity index (χ1) is 15.5. The Morgan fingerprint density at radius 2 is 1.66 bits per heavy atom. The van der Waals surface area contributed by atoms with Crippen LogP contribution in [0.25, 0.3) is 0 Å². The summed E-state index contributed by atoms with van der Waals surface area (Å²) in [6, 6.07) is -0.238. The number of hydrogen-bond acceptors (Lipinski definition) is 5. The zero-order valence-electron chi connectivity index (χ0n) is 19.3. The number of likely N-dealkylation sites (tertiary alicyclic amines) is 1. The maximum Gasteiger partial charge on any atom is 0.245 e. The summed E-state index contributed by atoms with van der Waals surface area (Å²) in [6.07, 6.45) is 9.04. The quantitative estimate of drug-likeness (QED) is 0.774. The standard InChI is InChI=1S/C24H36N6O2/c1-16-25-21(27-26-16)15-28-5-7-29(8-6-28)22(31)20-3-2-4-30(20)23(32)24-12-17-9-18(13-24)11-19(10-17)14-24/h17-20H,2-15H2,1H3,(H,25,26,27). The number of H-pyrrole nitrogens is 1. The van der Waals surface area contributed by atoms with Crippen LogP contribution in [0.5, 0.6) is 0 Å². The molecule has 1 aromatic rings. The molecule has 174 valence electrons. The fraction of sp³-hybridized carbons (Fsp3) is 0.833. The van der Waals surface area contributed by atoms with Crippen LogP contribution >= 0.6 is 0 Å². The van der Waals surface area contributed by atoms with Gasteiger partial charge in [-0.1, -0.05) is 0 Å². The topological polar surface area (TPSA) is 85.4 Å². The predicted molar refractivity (Wildman–Crippen MR) is 118 cm³/mol. The number of amides is 2. The lowest BCUT2D eigenvalue weighted by molar-refractivity contribution is -0.162. The number of rotatable bonds is 4. The van der Waals surface area contributed by atoms with Gasteiger partial charge in [0.05, 0.1) is 12.0 Å². The van der Waals surface area contributed by atoms with E-state index in [9.17, 15) is 9.59 Å². The Kier molecular flexibility index (Phi) is 5.04. The van der Waals surface area contributed by atoms with Crippen LogP contribution < -0.4 is 0 Å². The Morgan fingerprint density at radius 3 is 2.25 bits per heavy atom. The fourth-order valence-corrected chi connectivity index (χ4v) is 7.94. The molecule has 6 fully saturated rings. The average Bonchev–Trinajstić information content (AvgIpc) is 3.41. The number of aromatic amines is 1. The monoisotopic (exact) mass is 440 g/mol. The molecular weight excluding hydrogens is 404 g/mol. The van der Waals surface area contributed by atoms with Gasteiger partial charge >= 0.3 is 0 Å². The number of nitrogens with one attached hydrogen (secondary N) is 1. The highest BCUT2D eigenvalue weighted by atomic mass is 16.2. The van der Waals surface area contributed by atoms with Gasteiger partial charge in [0.25, 0.3) is 0 Å². The zero-order valence-corrected chi connectivity index (χ0v) is 19.3. The molecular formula is C24H36N6O2. The molecule has 1 unspecified atom stereocenters. The van der Waals surface area contributed by atoms with Gasteiger partial charge in [-0.05, 0) is 76.0 Å². The third-order valence-electron chi connectivity index (χ3n) is 8.98. The van der Waals surface area contributed by atoms with Crippen molar-refractivity contribution in [2.45, 2.75) is 70.9 Å². The second kappa shape index (κ2) is 7.82. The smallest absolute Gasteiger partial charge is 0.245 e. The Morgan fingerprint density at radius 1 is 1.00 bits per heavy atom. The van der Waals surface area contributed by atoms with Crippen LogP contribution in [0.4, 0.5) is 0 Å². The highest BCUT2D eigenvalue weighted by molar-refractivity contribution is 5.91. The molecule has 1 N–H and O–H groups in total. The molecule has 0 aromatic carbocycles. The number of piperazine rings is 1. The molecule has 4 aliphatic carbocycles. The highest BCUT2D eigenvalue weighted by Gasteiger charge is 2.57. The van der Waals surface area contributed by atoms with E-state index in [0.717, 1.165) is 94.2 Å². The van der Waals surface area contributed by atoms with Crippen molar-refractivity contribution < 1.29 is 9.59 Å². The average molecular weight is 441 g/mol. The number of aromatic nitrogens is 3. The lowest BCUT2D eigenvalue weighted by atomic mass is 9.49. The van der Waals surface area contributed by atoms with Crippen molar-refractivity contribution in [3.05, 3.63) is 11.6 Å². The van der Waals surface area contributed by atoms with E-state index < -0.39 is 0 Å². The zero-order chi connectivity index (χ0) is 21.9. The normalized spacial score (nSPS) is 36.8. The minimum absolute atomic E-state index is 0.148. The van der Waals surface area contributed by atoms with Gasteiger partial charge in [-0.25, -0.2) is 4.98 Å². The molecule has 32 heavy (non-hydrogen) atoms. The molecule has 0 spiro atoms. The van der Waals surface area contributed by atoms with E-state index in [2.05, 4.69) is 20.1 Å². The van der Waals surface area contributed by atoms with Crippen molar-refractivity contribution in [3.8, 4) is 0 Å². The SMILES string of the molecule is Cc1nc(CN2CCN(C(=O)C3CCCN3C(=O)C34CC5CC(CC(C5)C3)C4)CC2)n[nH]1. The summed E-state index contributed by atoms with van der Waals surface area (Å²) in [5, 5.41) is 7.13. The molecule has 6 aliphatic rings. The lowest BCUT2D eigenvalue weighted by Crippen LogP contribution is -2.58. The van der Waals surface area contributed by atoms with Gasteiger partial charge in [0, 0.05) is 32.7 Å². The lowest BCUT2D eigenvalue weighted by Gasteiger charge is -2.56. The molecule has 8 heteroatoms. The van der Waals surface area contributed by atoms with E-state index in [4.69, 9.17) is 0 Å². The third-order valence-corrected chi connectivity index (χ3v) is 8.98. The second-order valence-corrected chi connectivity index (χ2v) is 11.3. The van der Waals surface area contributed by atoms with Crippen LogP contribution in [-0.2, 0) is 16.1 Å². The van der Waals surface area contributed by atoms with Gasteiger partial charge in [-0.15, -0.1) is 0 Å². The van der Waals surface area contributed by atoms with Crippen molar-refractivity contribution in [1.82, 2.24) is 29.9 Å². The molecule has 7 rings (SSSR count). The minimum atomic E-state index is -0.238. The summed E-state index contributed by atoms with van der Waals surface area (Å²) in [6.45, 7) is 6.49. The van der Waals surface area contributed by atoms with E-state index in [0.29, 0.717) is 12.5 Å². The first-order valence-electron chi connectivity index (χ1n) is 12.7. The molecule has 1 aromatic heterocycles. The van der Waals surface area contributed by atoms with Crippen LogP contribution in [-0.4, -0.2) is 80.5 Å². The Balaban J connectivity index is 1.09. The Labute approximate surface area is 190 Å². The molecule has 0 radical (unpaired) electrons. The minimum Gasteiger partial charge on any atom is -0.338 e. The number of carbonyl (C=O) groups is 2. The molecule has 4 saturated carbocycles. The molecule has 2 saturated heterocycles. The van der Waals surface area contributed by atoms with Crippen LogP contribution in [0.2, 0.25) is 0 Å². The van der Waals surface area contributed by atoms with Crippen LogP contribution in [0.15, 0.2) is 0 Å². The van der Waals surface area contributed by atoms with Crippen molar-refractivity contribution in [2.75, 3.05) is 32.7 Å². The van der Waals surface area contributed by atoms with Gasteiger partial charge in [0.1, 0.15) is 11.9 Å². The third kappa shape index (κ3) is 3.55. The molecule has 3 heterocycles. The Hall–Kier alpha value is -1.96. The number of nitrogens with zero attached hydrogens (tertiary/aromatic N) is 5. The van der Waals surface area contributed by atoms with Crippen LogP contribution in [0.3, 0.4) is 0 Å². The maximum atomic E-state index is 13.9. The molecule has 4 bridgehead atoms. The fourth-order valence-electron chi connectivity index (χ4n) is 7.94. The summed E-state index contributed by atoms with van der Waals surface area (Å²) in [7, 11) is 0. The van der Waals surface area contributed by atoms with Crippen LogP contribution in [0.1, 0.15) is 63.0 Å². The molecule has 8 nitrogen and oxygen atoms in total. The van der Waals surface area contributed by atoms with Gasteiger partial charge in [0.15, 0.2) is 5.82 Å². The van der Waals surface area contributed by atoms with Gasteiger partial charge in [0.2, 0.25) is 11.8 Å². The van der Waals surface area contributed by atoms with Crippen molar-refractivity contribution in [1.29, 1.82) is 0 Å². The summed E-state index contributed by atoms with van der Waals surface area (Å²) in [5.74, 6) is 4.40. The summed E-state index contributed by atoms with van der Waals surface area (Å²) < 4.78 is 0. The van der Waals surface area contributed by atoms with Gasteiger partial charge < -0.3 is 9.80 Å². The van der Waals surface area contributed by atoms with Gasteiger partial charge in [-0.2, -0.15) is 5.10 Å². The van der Waals surface area contributed by atoms with E-state index in [1.54, 1.807) is 0 Å². The van der Waals surface area contributed by atoms with E-state index >= 15 is 0 Å². The van der Waals surface area contributed by atoms with Gasteiger partial charge in [-0.3, -0.25) is 19.6 Å². The number of carbonyl (C=O) groups excluding carboxylic acids is 2. The first kappa shape index (κ1) is 20.6. The summed E-state index contributed by atoms with van der Waals surface area (Å²) in [4.78, 5) is 38.1. The maximum absolute atomic E-state index is 13.9. The largest absolute Gasteiger partial charge is 0.338 e. The summed E-state index contributed by atoms with van der Waals surface area (Å²) in [5.41, 5.74) is -0.148. The van der Waals surface area contributed by atoms with E-state index in [1.165, 1.54) is 19.3 Å². The number of hydrogen-bond donors (Lipinski definition) is 1. The Bertz CT molecular complexity index is 854. The first-order valence-corrected chi connectivity index (χ1v) is 12.7. The van der Waals surface area contributed by atoms with Crippen molar-refractivity contribution in [3.63, 3.8) is 0 Å².